The monoisotopic (exact) mass is 442 g/mol. The number of hydrogen-bond acceptors (Lipinski definition) is 6. The summed E-state index contributed by atoms with van der Waals surface area (Å²) in [6, 6.07) is 8.03. The second-order valence-corrected chi connectivity index (χ2v) is 8.14. The second-order valence-electron chi connectivity index (χ2n) is 7.11. The van der Waals surface area contributed by atoms with E-state index in [9.17, 15) is 4.79 Å². The Bertz CT molecular complexity index is 1070. The minimum absolute atomic E-state index is 0.0968. The molecule has 2 aromatic heterocycles. The van der Waals surface area contributed by atoms with Crippen LogP contribution in [0.15, 0.2) is 29.3 Å². The van der Waals surface area contributed by atoms with Gasteiger partial charge in [-0.25, -0.2) is 14.8 Å². The Balaban J connectivity index is 1.69. The Labute approximate surface area is 186 Å². The highest BCUT2D eigenvalue weighted by Gasteiger charge is 2.20. The lowest BCUT2D eigenvalue weighted by molar-refractivity contribution is 0.0531. The van der Waals surface area contributed by atoms with E-state index in [2.05, 4.69) is 31.2 Å². The van der Waals surface area contributed by atoms with Gasteiger partial charge in [-0.1, -0.05) is 12.1 Å². The van der Waals surface area contributed by atoms with E-state index in [1.807, 2.05) is 45.9 Å². The average molecular weight is 443 g/mol. The third kappa shape index (κ3) is 5.41. The summed E-state index contributed by atoms with van der Waals surface area (Å²) < 4.78 is 7.30. The van der Waals surface area contributed by atoms with Crippen molar-refractivity contribution >= 4 is 34.3 Å². The molecule has 0 aliphatic carbocycles. The Morgan fingerprint density at radius 3 is 2.77 bits per heavy atom. The normalized spacial score (nSPS) is 12.7. The zero-order chi connectivity index (χ0) is 22.4. The second kappa shape index (κ2) is 10.4. The fourth-order valence-corrected chi connectivity index (χ4v) is 4.28. The largest absolute Gasteiger partial charge is 0.462 e. The van der Waals surface area contributed by atoms with Crippen molar-refractivity contribution in [2.24, 2.45) is 4.99 Å². The van der Waals surface area contributed by atoms with Crippen molar-refractivity contribution in [2.75, 3.05) is 19.7 Å². The topological polar surface area (TPSA) is 93.4 Å². The molecule has 1 aromatic carbocycles. The lowest BCUT2D eigenvalue weighted by Gasteiger charge is -2.16. The molecular formula is C22H30N6O2S. The van der Waals surface area contributed by atoms with Gasteiger partial charge in [-0.15, -0.1) is 11.3 Å². The summed E-state index contributed by atoms with van der Waals surface area (Å²) in [5.41, 5.74) is 2.81. The highest BCUT2D eigenvalue weighted by Crippen LogP contribution is 2.24. The van der Waals surface area contributed by atoms with Gasteiger partial charge in [-0.2, -0.15) is 0 Å². The fraction of sp³-hybridized carbons (Fsp3) is 0.455. The summed E-state index contributed by atoms with van der Waals surface area (Å²) >= 11 is 1.36. The molecule has 31 heavy (non-hydrogen) atoms. The fourth-order valence-electron chi connectivity index (χ4n) is 3.32. The maximum Gasteiger partial charge on any atom is 0.350 e. The van der Waals surface area contributed by atoms with Crippen LogP contribution in [0.2, 0.25) is 0 Å². The van der Waals surface area contributed by atoms with Gasteiger partial charge in [0.15, 0.2) is 5.96 Å². The number of aromatic nitrogens is 3. The third-order valence-corrected chi connectivity index (χ3v) is 6.10. The van der Waals surface area contributed by atoms with Crippen LogP contribution in [0.25, 0.3) is 11.0 Å². The minimum atomic E-state index is -0.320. The molecule has 0 fully saturated rings. The molecule has 0 saturated carbocycles. The predicted molar refractivity (Wildman–Crippen MR) is 125 cm³/mol. The SMILES string of the molecule is CCNC(=NCCn1c(C)nc2ccccc21)NC(C)c1nc(C)c(C(=O)OCC)s1. The van der Waals surface area contributed by atoms with E-state index in [1.165, 1.54) is 11.3 Å². The van der Waals surface area contributed by atoms with Gasteiger partial charge in [0.25, 0.3) is 0 Å². The van der Waals surface area contributed by atoms with E-state index in [0.29, 0.717) is 29.7 Å². The first kappa shape index (κ1) is 22.7. The quantitative estimate of drug-likeness (QED) is 0.315. The molecule has 1 atom stereocenters. The van der Waals surface area contributed by atoms with E-state index in [-0.39, 0.29) is 12.0 Å². The molecule has 166 valence electrons. The van der Waals surface area contributed by atoms with Crippen LogP contribution >= 0.6 is 11.3 Å². The van der Waals surface area contributed by atoms with Crippen molar-refractivity contribution in [3.05, 3.63) is 45.7 Å². The van der Waals surface area contributed by atoms with Gasteiger partial charge in [-0.3, -0.25) is 4.99 Å². The summed E-state index contributed by atoms with van der Waals surface area (Å²) in [4.78, 5) is 26.5. The van der Waals surface area contributed by atoms with Gasteiger partial charge in [0.2, 0.25) is 0 Å². The van der Waals surface area contributed by atoms with Crippen LogP contribution in [0.3, 0.4) is 0 Å². The van der Waals surface area contributed by atoms with Crippen molar-refractivity contribution in [1.29, 1.82) is 0 Å². The van der Waals surface area contributed by atoms with Gasteiger partial charge in [0.05, 0.1) is 35.9 Å². The number of carbonyl (C=O) groups is 1. The average Bonchev–Trinajstić information content (AvgIpc) is 3.28. The zero-order valence-corrected chi connectivity index (χ0v) is 19.5. The number of guanidine groups is 1. The molecule has 2 N–H and O–H groups in total. The first-order chi connectivity index (χ1) is 14.9. The number of nitrogens with one attached hydrogen (secondary N) is 2. The van der Waals surface area contributed by atoms with Crippen molar-refractivity contribution in [2.45, 2.75) is 47.2 Å². The number of hydrogen-bond donors (Lipinski definition) is 2. The number of nitrogens with zero attached hydrogens (tertiary/aromatic N) is 4. The summed E-state index contributed by atoms with van der Waals surface area (Å²) in [6.07, 6.45) is 0. The van der Waals surface area contributed by atoms with Crippen LogP contribution in [0.1, 0.15) is 53.0 Å². The van der Waals surface area contributed by atoms with Crippen LogP contribution < -0.4 is 10.6 Å². The lowest BCUT2D eigenvalue weighted by atomic mass is 10.3. The molecule has 8 nitrogen and oxygen atoms in total. The van der Waals surface area contributed by atoms with Gasteiger partial charge in [0.1, 0.15) is 15.7 Å². The van der Waals surface area contributed by atoms with Crippen molar-refractivity contribution in [1.82, 2.24) is 25.2 Å². The number of thiazole rings is 1. The van der Waals surface area contributed by atoms with E-state index in [0.717, 1.165) is 35.0 Å². The third-order valence-electron chi connectivity index (χ3n) is 4.78. The zero-order valence-electron chi connectivity index (χ0n) is 18.7. The molecule has 0 aliphatic rings. The number of fused-ring (bicyclic) bond motifs is 1. The highest BCUT2D eigenvalue weighted by atomic mass is 32.1. The van der Waals surface area contributed by atoms with Crippen molar-refractivity contribution in [3.8, 4) is 0 Å². The minimum Gasteiger partial charge on any atom is -0.462 e. The van der Waals surface area contributed by atoms with Gasteiger partial charge < -0.3 is 19.9 Å². The predicted octanol–water partition coefficient (Wildman–Crippen LogP) is 3.60. The molecule has 3 rings (SSSR count). The van der Waals surface area contributed by atoms with Crippen LogP contribution in [-0.2, 0) is 11.3 Å². The number of rotatable bonds is 8. The Hall–Kier alpha value is -2.94. The molecular weight excluding hydrogens is 412 g/mol. The summed E-state index contributed by atoms with van der Waals surface area (Å²) in [6.45, 7) is 12.1. The lowest BCUT2D eigenvalue weighted by Crippen LogP contribution is -2.39. The maximum absolute atomic E-state index is 12.1. The van der Waals surface area contributed by atoms with Gasteiger partial charge in [0, 0.05) is 13.1 Å². The molecule has 0 spiro atoms. The molecule has 0 bridgehead atoms. The first-order valence-electron chi connectivity index (χ1n) is 10.6. The molecule has 9 heteroatoms. The Kier molecular flexibility index (Phi) is 7.62. The van der Waals surface area contributed by atoms with Crippen molar-refractivity contribution < 1.29 is 9.53 Å². The molecule has 0 aliphatic heterocycles. The van der Waals surface area contributed by atoms with E-state index >= 15 is 0 Å². The van der Waals surface area contributed by atoms with E-state index in [4.69, 9.17) is 9.73 Å². The number of aliphatic imine (C=N–C) groups is 1. The number of benzene rings is 1. The van der Waals surface area contributed by atoms with Crippen molar-refractivity contribution in [3.63, 3.8) is 0 Å². The molecule has 0 radical (unpaired) electrons. The van der Waals surface area contributed by atoms with Crippen LogP contribution in [-0.4, -0.2) is 46.2 Å². The number of para-hydroxylation sites is 2. The van der Waals surface area contributed by atoms with Gasteiger partial charge in [-0.05, 0) is 46.8 Å². The summed E-state index contributed by atoms with van der Waals surface area (Å²) in [5, 5.41) is 7.49. The molecule has 2 heterocycles. The molecule has 0 amide bonds. The number of carbonyl (C=O) groups excluding carboxylic acids is 1. The number of esters is 1. The molecule has 0 saturated heterocycles. The van der Waals surface area contributed by atoms with Crippen LogP contribution in [0.5, 0.6) is 0 Å². The summed E-state index contributed by atoms with van der Waals surface area (Å²) in [7, 11) is 0. The Morgan fingerprint density at radius 2 is 2.03 bits per heavy atom. The first-order valence-corrected chi connectivity index (χ1v) is 11.4. The Morgan fingerprint density at radius 1 is 1.26 bits per heavy atom. The molecule has 3 aromatic rings. The summed E-state index contributed by atoms with van der Waals surface area (Å²) in [5.74, 6) is 1.37. The number of aryl methyl sites for hydroxylation is 2. The van der Waals surface area contributed by atoms with Gasteiger partial charge >= 0.3 is 5.97 Å². The standard InChI is InChI=1S/C22H30N6O2S/c1-6-23-22(24-12-13-28-16(5)27-17-10-8-9-11-18(17)28)26-15(4)20-25-14(3)19(31-20)21(29)30-7-2/h8-11,15H,6-7,12-13H2,1-5H3,(H2,23,24,26). The maximum atomic E-state index is 12.1. The number of ether oxygens (including phenoxy) is 1. The van der Waals surface area contributed by atoms with Crippen LogP contribution in [0.4, 0.5) is 0 Å². The highest BCUT2D eigenvalue weighted by molar-refractivity contribution is 7.13. The van der Waals surface area contributed by atoms with E-state index in [1.54, 1.807) is 6.92 Å². The molecule has 1 unspecified atom stereocenters. The number of imidazole rings is 1. The van der Waals surface area contributed by atoms with E-state index < -0.39 is 0 Å². The smallest absolute Gasteiger partial charge is 0.350 e. The van der Waals surface area contributed by atoms with Crippen LogP contribution in [0, 0.1) is 13.8 Å².